The Hall–Kier alpha value is -2.41. The molecule has 4 heteroatoms. The normalized spacial score (nSPS) is 10.6. The minimum absolute atomic E-state index is 0.343. The van der Waals surface area contributed by atoms with Crippen molar-refractivity contribution in [1.29, 1.82) is 5.26 Å². The van der Waals surface area contributed by atoms with Crippen molar-refractivity contribution in [3.63, 3.8) is 0 Å². The van der Waals surface area contributed by atoms with Crippen LogP contribution in [-0.4, -0.2) is 15.0 Å². The van der Waals surface area contributed by atoms with Crippen LogP contribution in [0.2, 0.25) is 0 Å². The Morgan fingerprint density at radius 2 is 1.94 bits per heavy atom. The molecule has 0 unspecified atom stereocenters. The summed E-state index contributed by atoms with van der Waals surface area (Å²) in [7, 11) is 1.77. The summed E-state index contributed by atoms with van der Waals surface area (Å²) in [5.41, 5.74) is 3.37. The third kappa shape index (κ3) is 2.40. The second-order valence-corrected chi connectivity index (χ2v) is 3.80. The fourth-order valence-electron chi connectivity index (χ4n) is 1.48. The van der Waals surface area contributed by atoms with E-state index in [-0.39, 0.29) is 0 Å². The molecule has 0 bridgehead atoms. The van der Waals surface area contributed by atoms with E-state index in [0.717, 1.165) is 5.56 Å². The van der Waals surface area contributed by atoms with Crippen molar-refractivity contribution >= 4 is 12.2 Å². The van der Waals surface area contributed by atoms with E-state index in [0.29, 0.717) is 11.4 Å². The number of aromatic nitrogens is 3. The average molecular weight is 224 g/mol. The van der Waals surface area contributed by atoms with Gasteiger partial charge in [-0.25, -0.2) is 4.68 Å². The van der Waals surface area contributed by atoms with E-state index in [4.69, 9.17) is 5.26 Å². The lowest BCUT2D eigenvalue weighted by atomic mass is 10.1. The molecule has 0 aliphatic heterocycles. The molecule has 2 aromatic rings. The van der Waals surface area contributed by atoms with Gasteiger partial charge in [0.05, 0.1) is 5.69 Å². The highest BCUT2D eigenvalue weighted by Gasteiger charge is 2.05. The Balaban J connectivity index is 2.29. The van der Waals surface area contributed by atoms with Crippen LogP contribution in [0.15, 0.2) is 24.3 Å². The maximum Gasteiger partial charge on any atom is 0.189 e. The number of aryl methyl sites for hydroxylation is 2. The first-order valence-electron chi connectivity index (χ1n) is 5.25. The van der Waals surface area contributed by atoms with Gasteiger partial charge < -0.3 is 0 Å². The van der Waals surface area contributed by atoms with Gasteiger partial charge in [0.2, 0.25) is 0 Å². The van der Waals surface area contributed by atoms with E-state index in [2.05, 4.69) is 10.3 Å². The van der Waals surface area contributed by atoms with Gasteiger partial charge in [-0.1, -0.05) is 41.1 Å². The molecular weight excluding hydrogens is 212 g/mol. The number of hydrogen-bond donors (Lipinski definition) is 0. The molecule has 0 saturated carbocycles. The van der Waals surface area contributed by atoms with Crippen molar-refractivity contribution in [2.45, 2.75) is 6.92 Å². The van der Waals surface area contributed by atoms with E-state index in [1.807, 2.05) is 49.4 Å². The zero-order valence-electron chi connectivity index (χ0n) is 9.75. The van der Waals surface area contributed by atoms with Gasteiger partial charge in [0.15, 0.2) is 5.69 Å². The fourth-order valence-corrected chi connectivity index (χ4v) is 1.48. The predicted molar refractivity (Wildman–Crippen MR) is 65.8 cm³/mol. The number of hydrogen-bond acceptors (Lipinski definition) is 3. The Morgan fingerprint density at radius 3 is 2.59 bits per heavy atom. The minimum atomic E-state index is 0.343. The van der Waals surface area contributed by atoms with Crippen LogP contribution in [0.25, 0.3) is 12.2 Å². The van der Waals surface area contributed by atoms with Crippen LogP contribution in [0.4, 0.5) is 0 Å². The molecule has 0 atom stereocenters. The van der Waals surface area contributed by atoms with Gasteiger partial charge in [-0.15, -0.1) is 5.10 Å². The second-order valence-electron chi connectivity index (χ2n) is 3.80. The maximum absolute atomic E-state index is 8.87. The Labute approximate surface area is 99.8 Å². The molecule has 0 fully saturated rings. The monoisotopic (exact) mass is 224 g/mol. The predicted octanol–water partition coefficient (Wildman–Crippen LogP) is 2.17. The molecule has 0 radical (unpaired) electrons. The van der Waals surface area contributed by atoms with E-state index in [1.54, 1.807) is 11.7 Å². The SMILES string of the molecule is Cc1ccc(/C=C/c2c(C#N)nnn2C)cc1. The molecule has 1 aromatic heterocycles. The number of rotatable bonds is 2. The second kappa shape index (κ2) is 4.62. The van der Waals surface area contributed by atoms with E-state index < -0.39 is 0 Å². The van der Waals surface area contributed by atoms with Gasteiger partial charge in [-0.05, 0) is 18.6 Å². The van der Waals surface area contributed by atoms with Crippen LogP contribution >= 0.6 is 0 Å². The molecule has 84 valence electrons. The summed E-state index contributed by atoms with van der Waals surface area (Å²) < 4.78 is 1.59. The molecule has 2 rings (SSSR count). The summed E-state index contributed by atoms with van der Waals surface area (Å²) in [6, 6.07) is 10.2. The van der Waals surface area contributed by atoms with E-state index in [9.17, 15) is 0 Å². The van der Waals surface area contributed by atoms with Gasteiger partial charge >= 0.3 is 0 Å². The molecule has 0 aliphatic carbocycles. The van der Waals surface area contributed by atoms with Crippen LogP contribution in [0.3, 0.4) is 0 Å². The highest BCUT2D eigenvalue weighted by Crippen LogP contribution is 2.10. The lowest BCUT2D eigenvalue weighted by Crippen LogP contribution is -1.93. The summed E-state index contributed by atoms with van der Waals surface area (Å²) in [4.78, 5) is 0. The Morgan fingerprint density at radius 1 is 1.24 bits per heavy atom. The molecule has 0 saturated heterocycles. The summed E-state index contributed by atoms with van der Waals surface area (Å²) >= 11 is 0. The van der Waals surface area contributed by atoms with Gasteiger partial charge in [0.1, 0.15) is 6.07 Å². The van der Waals surface area contributed by atoms with Gasteiger partial charge in [0, 0.05) is 7.05 Å². The molecule has 4 nitrogen and oxygen atoms in total. The first-order chi connectivity index (χ1) is 8.20. The molecule has 17 heavy (non-hydrogen) atoms. The van der Waals surface area contributed by atoms with Crippen molar-refractivity contribution in [3.8, 4) is 6.07 Å². The molecule has 0 aliphatic rings. The van der Waals surface area contributed by atoms with Gasteiger partial charge in [-0.2, -0.15) is 5.26 Å². The minimum Gasteiger partial charge on any atom is -0.247 e. The number of nitriles is 1. The van der Waals surface area contributed by atoms with Crippen LogP contribution in [0, 0.1) is 18.3 Å². The molecule has 1 aromatic carbocycles. The van der Waals surface area contributed by atoms with Crippen LogP contribution in [0.1, 0.15) is 22.5 Å². The first kappa shape index (κ1) is 11.1. The molecular formula is C13H12N4. The highest BCUT2D eigenvalue weighted by atomic mass is 15.4. The molecule has 1 heterocycles. The molecule has 0 spiro atoms. The van der Waals surface area contributed by atoms with Crippen molar-refractivity contribution in [2.24, 2.45) is 7.05 Å². The Kier molecular flexibility index (Phi) is 3.01. The summed E-state index contributed by atoms with van der Waals surface area (Å²) in [6.07, 6.45) is 3.79. The largest absolute Gasteiger partial charge is 0.247 e. The lowest BCUT2D eigenvalue weighted by molar-refractivity contribution is 0.709. The summed E-state index contributed by atoms with van der Waals surface area (Å²) in [5.74, 6) is 0. The van der Waals surface area contributed by atoms with Crippen molar-refractivity contribution in [3.05, 3.63) is 46.8 Å². The highest BCUT2D eigenvalue weighted by molar-refractivity contribution is 5.70. The standard InChI is InChI=1S/C13H12N4/c1-10-3-5-11(6-4-10)7-8-13-12(9-14)15-16-17(13)2/h3-8H,1-2H3/b8-7+. The van der Waals surface area contributed by atoms with Crippen LogP contribution in [-0.2, 0) is 7.05 Å². The third-order valence-corrected chi connectivity index (χ3v) is 2.49. The topological polar surface area (TPSA) is 54.5 Å². The summed E-state index contributed by atoms with van der Waals surface area (Å²) in [6.45, 7) is 2.05. The number of benzene rings is 1. The Bertz CT molecular complexity index is 585. The van der Waals surface area contributed by atoms with Gasteiger partial charge in [0.25, 0.3) is 0 Å². The average Bonchev–Trinajstić information content (AvgIpc) is 2.69. The lowest BCUT2D eigenvalue weighted by Gasteiger charge is -1.95. The van der Waals surface area contributed by atoms with Crippen molar-refractivity contribution in [2.75, 3.05) is 0 Å². The zero-order chi connectivity index (χ0) is 12.3. The molecule has 0 amide bonds. The third-order valence-electron chi connectivity index (χ3n) is 2.49. The number of nitrogens with zero attached hydrogens (tertiary/aromatic N) is 4. The first-order valence-corrected chi connectivity index (χ1v) is 5.25. The van der Waals surface area contributed by atoms with Crippen LogP contribution < -0.4 is 0 Å². The van der Waals surface area contributed by atoms with Gasteiger partial charge in [-0.3, -0.25) is 0 Å². The van der Waals surface area contributed by atoms with Crippen molar-refractivity contribution < 1.29 is 0 Å². The zero-order valence-corrected chi connectivity index (χ0v) is 9.75. The van der Waals surface area contributed by atoms with E-state index in [1.165, 1.54) is 5.56 Å². The maximum atomic E-state index is 8.87. The van der Waals surface area contributed by atoms with Crippen molar-refractivity contribution in [1.82, 2.24) is 15.0 Å². The smallest absolute Gasteiger partial charge is 0.189 e. The van der Waals surface area contributed by atoms with E-state index >= 15 is 0 Å². The summed E-state index contributed by atoms with van der Waals surface area (Å²) in [5, 5.41) is 16.4. The fraction of sp³-hybridized carbons (Fsp3) is 0.154. The molecule has 0 N–H and O–H groups in total. The quantitative estimate of drug-likeness (QED) is 0.785. The van der Waals surface area contributed by atoms with Crippen LogP contribution in [0.5, 0.6) is 0 Å².